The lowest BCUT2D eigenvalue weighted by Crippen LogP contribution is -2.25. The van der Waals surface area contributed by atoms with Crippen LogP contribution < -0.4 is 16.8 Å². The molecule has 3 rings (SSSR count). The molecule has 142 valence electrons. The van der Waals surface area contributed by atoms with Gasteiger partial charge in [-0.1, -0.05) is 24.3 Å². The van der Waals surface area contributed by atoms with E-state index in [-0.39, 0.29) is 27.9 Å². The van der Waals surface area contributed by atoms with Gasteiger partial charge in [-0.2, -0.15) is 8.42 Å². The molecule has 27 heavy (non-hydrogen) atoms. The Hall–Kier alpha value is -2.75. The SMILES string of the molecule is NCCCCNc1cc(S(=O)(=O)O)c(N)c2c1C(=O)c1ccccc1C2=O. The predicted molar refractivity (Wildman–Crippen MR) is 101 cm³/mol. The molecular formula is C18H19N3O5S. The van der Waals surface area contributed by atoms with Gasteiger partial charge in [-0.3, -0.25) is 14.1 Å². The maximum atomic E-state index is 13.0. The highest BCUT2D eigenvalue weighted by molar-refractivity contribution is 7.86. The van der Waals surface area contributed by atoms with E-state index in [1.165, 1.54) is 12.1 Å². The number of anilines is 2. The van der Waals surface area contributed by atoms with Crippen molar-refractivity contribution in [1.29, 1.82) is 0 Å². The molecule has 0 fully saturated rings. The molecule has 0 bridgehead atoms. The molecule has 0 saturated heterocycles. The van der Waals surface area contributed by atoms with Gasteiger partial charge >= 0.3 is 0 Å². The molecule has 0 atom stereocenters. The molecule has 0 unspecified atom stereocenters. The fraction of sp³-hybridized carbons (Fsp3) is 0.222. The molecule has 0 radical (unpaired) electrons. The minimum atomic E-state index is -4.69. The second-order valence-electron chi connectivity index (χ2n) is 6.19. The van der Waals surface area contributed by atoms with Crippen molar-refractivity contribution in [3.63, 3.8) is 0 Å². The van der Waals surface area contributed by atoms with Gasteiger partial charge in [0, 0.05) is 23.4 Å². The van der Waals surface area contributed by atoms with Crippen LogP contribution in [0.15, 0.2) is 35.2 Å². The number of carbonyl (C=O) groups is 2. The van der Waals surface area contributed by atoms with Crippen LogP contribution in [0, 0.1) is 0 Å². The molecule has 1 aliphatic carbocycles. The second kappa shape index (κ2) is 7.10. The van der Waals surface area contributed by atoms with Crippen molar-refractivity contribution >= 4 is 33.1 Å². The van der Waals surface area contributed by atoms with Crippen LogP contribution in [0.1, 0.15) is 44.7 Å². The smallest absolute Gasteiger partial charge is 0.296 e. The van der Waals surface area contributed by atoms with E-state index >= 15 is 0 Å². The molecule has 0 amide bonds. The van der Waals surface area contributed by atoms with E-state index in [9.17, 15) is 22.6 Å². The monoisotopic (exact) mass is 389 g/mol. The number of nitrogens with two attached hydrogens (primary N) is 2. The van der Waals surface area contributed by atoms with Crippen LogP contribution in [0.25, 0.3) is 0 Å². The van der Waals surface area contributed by atoms with Crippen molar-refractivity contribution in [3.05, 3.63) is 52.6 Å². The fourth-order valence-corrected chi connectivity index (χ4v) is 3.79. The van der Waals surface area contributed by atoms with Crippen LogP contribution >= 0.6 is 0 Å². The number of ketones is 2. The summed E-state index contributed by atoms with van der Waals surface area (Å²) in [4.78, 5) is 25.3. The third-order valence-electron chi connectivity index (χ3n) is 4.42. The number of nitrogen functional groups attached to an aromatic ring is 1. The Bertz CT molecular complexity index is 1050. The van der Waals surface area contributed by atoms with Crippen LogP contribution in [-0.4, -0.2) is 37.6 Å². The first-order valence-corrected chi connectivity index (χ1v) is 9.77. The Labute approximate surface area is 156 Å². The van der Waals surface area contributed by atoms with Gasteiger partial charge in [0.05, 0.1) is 16.8 Å². The Morgan fingerprint density at radius 3 is 2.15 bits per heavy atom. The van der Waals surface area contributed by atoms with Crippen LogP contribution in [0.5, 0.6) is 0 Å². The maximum absolute atomic E-state index is 13.0. The lowest BCUT2D eigenvalue weighted by molar-refractivity contribution is 0.0980. The predicted octanol–water partition coefficient (Wildman–Crippen LogP) is 1.44. The highest BCUT2D eigenvalue weighted by atomic mass is 32.2. The van der Waals surface area contributed by atoms with Gasteiger partial charge in [0.1, 0.15) is 4.90 Å². The van der Waals surface area contributed by atoms with E-state index in [4.69, 9.17) is 11.5 Å². The van der Waals surface area contributed by atoms with E-state index in [1.54, 1.807) is 12.1 Å². The van der Waals surface area contributed by atoms with Gasteiger partial charge < -0.3 is 16.8 Å². The van der Waals surface area contributed by atoms with Gasteiger partial charge in [-0.25, -0.2) is 0 Å². The van der Waals surface area contributed by atoms with Crippen molar-refractivity contribution in [3.8, 4) is 0 Å². The van der Waals surface area contributed by atoms with E-state index in [1.807, 2.05) is 0 Å². The normalized spacial score (nSPS) is 13.3. The number of nitrogens with one attached hydrogen (secondary N) is 1. The molecule has 0 spiro atoms. The van der Waals surface area contributed by atoms with Crippen molar-refractivity contribution in [2.75, 3.05) is 24.1 Å². The quantitative estimate of drug-likeness (QED) is 0.281. The van der Waals surface area contributed by atoms with E-state index < -0.39 is 32.3 Å². The first-order valence-electron chi connectivity index (χ1n) is 8.33. The minimum absolute atomic E-state index is 0.0105. The van der Waals surface area contributed by atoms with Crippen molar-refractivity contribution in [2.45, 2.75) is 17.7 Å². The Balaban J connectivity index is 2.23. The number of rotatable bonds is 6. The number of hydrogen-bond acceptors (Lipinski definition) is 7. The average molecular weight is 389 g/mol. The number of carbonyl (C=O) groups excluding carboxylic acids is 2. The van der Waals surface area contributed by atoms with Gasteiger partial charge in [0.2, 0.25) is 0 Å². The number of fused-ring (bicyclic) bond motifs is 2. The summed E-state index contributed by atoms with van der Waals surface area (Å²) < 4.78 is 33.0. The van der Waals surface area contributed by atoms with Gasteiger partial charge in [0.25, 0.3) is 10.1 Å². The molecule has 9 heteroatoms. The Morgan fingerprint density at radius 1 is 1.00 bits per heavy atom. The zero-order chi connectivity index (χ0) is 19.8. The molecule has 8 nitrogen and oxygen atoms in total. The standard InChI is InChI=1S/C18H19N3O5S/c19-7-3-4-8-21-12-9-13(27(24,25)26)16(20)15-14(12)17(22)10-5-1-2-6-11(10)18(15)23/h1-2,5-6,9,21H,3-4,7-8,19-20H2,(H,24,25,26). The summed E-state index contributed by atoms with van der Waals surface area (Å²) in [5.74, 6) is -0.997. The number of hydrogen-bond donors (Lipinski definition) is 4. The summed E-state index contributed by atoms with van der Waals surface area (Å²) in [6.45, 7) is 0.893. The van der Waals surface area contributed by atoms with Crippen LogP contribution in [-0.2, 0) is 10.1 Å². The fourth-order valence-electron chi connectivity index (χ4n) is 3.14. The summed E-state index contributed by atoms with van der Waals surface area (Å²) in [6.07, 6.45) is 1.40. The van der Waals surface area contributed by atoms with Crippen molar-refractivity contribution < 1.29 is 22.6 Å². The molecule has 0 saturated carbocycles. The highest BCUT2D eigenvalue weighted by Crippen LogP contribution is 2.38. The average Bonchev–Trinajstić information content (AvgIpc) is 2.63. The molecular weight excluding hydrogens is 370 g/mol. The number of unbranched alkanes of at least 4 members (excludes halogenated alkanes) is 1. The molecule has 6 N–H and O–H groups in total. The lowest BCUT2D eigenvalue weighted by Gasteiger charge is -2.23. The van der Waals surface area contributed by atoms with Crippen LogP contribution in [0.4, 0.5) is 11.4 Å². The molecule has 0 heterocycles. The summed E-state index contributed by atoms with van der Waals surface area (Å²) in [7, 11) is -4.69. The molecule has 1 aliphatic rings. The van der Waals surface area contributed by atoms with Crippen LogP contribution in [0.2, 0.25) is 0 Å². The van der Waals surface area contributed by atoms with Gasteiger partial charge in [-0.05, 0) is 25.5 Å². The van der Waals surface area contributed by atoms with Crippen molar-refractivity contribution in [2.24, 2.45) is 5.73 Å². The Morgan fingerprint density at radius 2 is 1.59 bits per heavy atom. The zero-order valence-electron chi connectivity index (χ0n) is 14.4. The highest BCUT2D eigenvalue weighted by Gasteiger charge is 2.36. The maximum Gasteiger partial charge on any atom is 0.296 e. The second-order valence-corrected chi connectivity index (χ2v) is 7.58. The molecule has 2 aromatic carbocycles. The minimum Gasteiger partial charge on any atom is -0.397 e. The molecule has 0 aliphatic heterocycles. The molecule has 0 aromatic heterocycles. The third-order valence-corrected chi connectivity index (χ3v) is 5.32. The summed E-state index contributed by atoms with van der Waals surface area (Å²) in [5.41, 5.74) is 11.2. The largest absolute Gasteiger partial charge is 0.397 e. The zero-order valence-corrected chi connectivity index (χ0v) is 15.2. The summed E-state index contributed by atoms with van der Waals surface area (Å²) in [5, 5.41) is 2.97. The molecule has 2 aromatic rings. The number of benzene rings is 2. The third kappa shape index (κ3) is 3.32. The first-order chi connectivity index (χ1) is 12.8. The van der Waals surface area contributed by atoms with E-state index in [2.05, 4.69) is 5.32 Å². The van der Waals surface area contributed by atoms with Gasteiger partial charge in [0.15, 0.2) is 11.6 Å². The van der Waals surface area contributed by atoms with Crippen molar-refractivity contribution in [1.82, 2.24) is 0 Å². The summed E-state index contributed by atoms with van der Waals surface area (Å²) in [6, 6.07) is 7.34. The topological polar surface area (TPSA) is 153 Å². The Kier molecular flexibility index (Phi) is 5.01. The van der Waals surface area contributed by atoms with E-state index in [0.717, 1.165) is 12.5 Å². The lowest BCUT2D eigenvalue weighted by atomic mass is 9.82. The van der Waals surface area contributed by atoms with Gasteiger partial charge in [-0.15, -0.1) is 0 Å². The summed E-state index contributed by atoms with van der Waals surface area (Å²) >= 11 is 0. The van der Waals surface area contributed by atoms with E-state index in [0.29, 0.717) is 19.5 Å². The van der Waals surface area contributed by atoms with Crippen LogP contribution in [0.3, 0.4) is 0 Å². The first kappa shape index (κ1) is 19.0.